The van der Waals surface area contributed by atoms with Gasteiger partial charge in [-0.2, -0.15) is 0 Å². The highest BCUT2D eigenvalue weighted by Gasteiger charge is 2.26. The molecule has 3 rings (SSSR count). The van der Waals surface area contributed by atoms with Gasteiger partial charge in [-0.3, -0.25) is 0 Å². The Hall–Kier alpha value is -2.21. The number of hydrogen-bond donors (Lipinski definition) is 2. The second kappa shape index (κ2) is 10.0. The number of esters is 1. The summed E-state index contributed by atoms with van der Waals surface area (Å²) in [7, 11) is 0. The molecular formula is C22H22Cl2O5. The lowest BCUT2D eigenvalue weighted by molar-refractivity contribution is 0.0293. The van der Waals surface area contributed by atoms with Gasteiger partial charge in [-0.05, 0) is 18.4 Å². The molecule has 0 aliphatic carbocycles. The van der Waals surface area contributed by atoms with Gasteiger partial charge < -0.3 is 19.7 Å². The standard InChI is InChI=1S/C22H22Cl2O5/c23-15-9-5-2-6-10-19(14-7-3-1-4-8-14)29-22(27)20-16(13-28-12-15)21(24)18(26)11-17(20)25/h1-4,6-8,11,15,19,25-26H,5,9-10,12-13H2/b6-2+. The van der Waals surface area contributed by atoms with Crippen molar-refractivity contribution in [2.45, 2.75) is 37.4 Å². The number of fused-ring (bicyclic) bond motifs is 1. The van der Waals surface area contributed by atoms with Gasteiger partial charge >= 0.3 is 5.97 Å². The highest BCUT2D eigenvalue weighted by atomic mass is 35.5. The third-order valence-electron chi connectivity index (χ3n) is 4.65. The molecule has 0 spiro atoms. The minimum atomic E-state index is -0.746. The number of rotatable bonds is 1. The molecule has 0 radical (unpaired) electrons. The zero-order valence-corrected chi connectivity index (χ0v) is 17.2. The fourth-order valence-corrected chi connectivity index (χ4v) is 3.56. The number of phenolic OH excluding ortho intramolecular Hbond substituents is 2. The van der Waals surface area contributed by atoms with Gasteiger partial charge in [0, 0.05) is 18.1 Å². The Labute approximate surface area is 179 Å². The fraction of sp³-hybridized carbons (Fsp3) is 0.318. The van der Waals surface area contributed by atoms with Crippen LogP contribution in [0.1, 0.15) is 46.9 Å². The third-order valence-corrected chi connectivity index (χ3v) is 5.42. The van der Waals surface area contributed by atoms with Crippen LogP contribution in [0.4, 0.5) is 0 Å². The second-order valence-electron chi connectivity index (χ2n) is 6.78. The largest absolute Gasteiger partial charge is 0.507 e. The Kier molecular flexibility index (Phi) is 7.42. The quantitative estimate of drug-likeness (QED) is 0.349. The minimum absolute atomic E-state index is 0.0656. The van der Waals surface area contributed by atoms with Crippen LogP contribution in [-0.4, -0.2) is 28.2 Å². The van der Waals surface area contributed by atoms with Gasteiger partial charge in [-0.1, -0.05) is 54.1 Å². The van der Waals surface area contributed by atoms with Crippen molar-refractivity contribution in [3.63, 3.8) is 0 Å². The number of hydrogen-bond acceptors (Lipinski definition) is 5. The first-order valence-corrected chi connectivity index (χ1v) is 10.1. The predicted octanol–water partition coefficient (Wildman–Crippen LogP) is 5.51. The zero-order chi connectivity index (χ0) is 20.8. The summed E-state index contributed by atoms with van der Waals surface area (Å²) < 4.78 is 11.3. The highest BCUT2D eigenvalue weighted by Crippen LogP contribution is 2.38. The van der Waals surface area contributed by atoms with Crippen LogP contribution < -0.4 is 0 Å². The third kappa shape index (κ3) is 5.44. The summed E-state index contributed by atoms with van der Waals surface area (Å²) in [6.45, 7) is 0.142. The van der Waals surface area contributed by atoms with Crippen LogP contribution in [0.15, 0.2) is 48.6 Å². The lowest BCUT2D eigenvalue weighted by Crippen LogP contribution is -2.16. The van der Waals surface area contributed by atoms with E-state index in [1.165, 1.54) is 0 Å². The van der Waals surface area contributed by atoms with E-state index in [1.807, 2.05) is 42.5 Å². The van der Waals surface area contributed by atoms with E-state index in [9.17, 15) is 15.0 Å². The first-order valence-electron chi connectivity index (χ1n) is 9.33. The molecule has 0 saturated heterocycles. The number of allylic oxidation sites excluding steroid dienone is 1. The molecular weight excluding hydrogens is 415 g/mol. The number of cyclic esters (lactones) is 1. The Morgan fingerprint density at radius 2 is 1.83 bits per heavy atom. The van der Waals surface area contributed by atoms with Gasteiger partial charge in [0.05, 0.1) is 23.6 Å². The van der Waals surface area contributed by atoms with Crippen LogP contribution in [0.3, 0.4) is 0 Å². The maximum Gasteiger partial charge on any atom is 0.342 e. The molecule has 2 unspecified atom stereocenters. The summed E-state index contributed by atoms with van der Waals surface area (Å²) in [4.78, 5) is 13.0. The van der Waals surface area contributed by atoms with Gasteiger partial charge in [0.15, 0.2) is 0 Å². The van der Waals surface area contributed by atoms with Crippen LogP contribution in [-0.2, 0) is 16.1 Å². The molecule has 0 saturated carbocycles. The smallest absolute Gasteiger partial charge is 0.342 e. The maximum absolute atomic E-state index is 13.0. The van der Waals surface area contributed by atoms with Crippen molar-refractivity contribution in [1.82, 2.24) is 0 Å². The summed E-state index contributed by atoms with van der Waals surface area (Å²) in [5.74, 6) is -1.51. The molecule has 2 N–H and O–H groups in total. The number of phenols is 2. The van der Waals surface area contributed by atoms with Crippen molar-refractivity contribution < 1.29 is 24.5 Å². The van der Waals surface area contributed by atoms with E-state index in [4.69, 9.17) is 32.7 Å². The molecule has 0 fully saturated rings. The normalized spacial score (nSPS) is 22.2. The van der Waals surface area contributed by atoms with Crippen LogP contribution in [0.5, 0.6) is 11.5 Å². The Morgan fingerprint density at radius 1 is 1.07 bits per heavy atom. The Morgan fingerprint density at radius 3 is 2.59 bits per heavy atom. The van der Waals surface area contributed by atoms with Crippen molar-refractivity contribution in [1.29, 1.82) is 0 Å². The summed E-state index contributed by atoms with van der Waals surface area (Å²) in [5.41, 5.74) is 0.869. The maximum atomic E-state index is 13.0. The second-order valence-corrected chi connectivity index (χ2v) is 7.78. The van der Waals surface area contributed by atoms with Crippen LogP contribution in [0, 0.1) is 0 Å². The average molecular weight is 437 g/mol. The van der Waals surface area contributed by atoms with Crippen LogP contribution >= 0.6 is 23.2 Å². The summed E-state index contributed by atoms with van der Waals surface area (Å²) in [6.07, 6.45) is 5.37. The number of alkyl halides is 1. The van der Waals surface area contributed by atoms with Gasteiger partial charge in [-0.25, -0.2) is 4.79 Å². The SMILES string of the molecule is O=C1OC(c2ccccc2)C/C=C/CCC(Cl)COCc2c(Cl)c(O)cc(O)c21. The molecule has 2 aromatic rings. The zero-order valence-electron chi connectivity index (χ0n) is 15.7. The average Bonchev–Trinajstić information content (AvgIpc) is 2.70. The molecule has 154 valence electrons. The van der Waals surface area contributed by atoms with Crippen LogP contribution in [0.25, 0.3) is 0 Å². The van der Waals surface area contributed by atoms with E-state index < -0.39 is 17.8 Å². The first-order chi connectivity index (χ1) is 14.0. The van der Waals surface area contributed by atoms with E-state index in [0.29, 0.717) is 6.42 Å². The molecule has 2 atom stereocenters. The minimum Gasteiger partial charge on any atom is -0.507 e. The fourth-order valence-electron chi connectivity index (χ4n) is 3.14. The van der Waals surface area contributed by atoms with E-state index in [2.05, 4.69) is 0 Å². The van der Waals surface area contributed by atoms with E-state index in [-0.39, 0.29) is 40.5 Å². The lowest BCUT2D eigenvalue weighted by atomic mass is 10.0. The molecule has 0 amide bonds. The first kappa shape index (κ1) is 21.5. The Balaban J connectivity index is 2.00. The number of benzene rings is 2. The highest BCUT2D eigenvalue weighted by molar-refractivity contribution is 6.33. The molecule has 5 nitrogen and oxygen atoms in total. The van der Waals surface area contributed by atoms with Crippen molar-refractivity contribution in [3.8, 4) is 11.5 Å². The Bertz CT molecular complexity index is 883. The molecule has 0 bridgehead atoms. The summed E-state index contributed by atoms with van der Waals surface area (Å²) in [6, 6.07) is 10.4. The summed E-state index contributed by atoms with van der Waals surface area (Å²) >= 11 is 12.5. The predicted molar refractivity (Wildman–Crippen MR) is 112 cm³/mol. The van der Waals surface area contributed by atoms with Gasteiger partial charge in [0.1, 0.15) is 23.2 Å². The lowest BCUT2D eigenvalue weighted by Gasteiger charge is -2.20. The molecule has 0 aromatic heterocycles. The molecule has 1 aliphatic rings. The molecule has 29 heavy (non-hydrogen) atoms. The van der Waals surface area contributed by atoms with Gasteiger partial charge in [-0.15, -0.1) is 11.6 Å². The number of halogens is 2. The number of carbonyl (C=O) groups excluding carboxylic acids is 1. The van der Waals surface area contributed by atoms with Gasteiger partial charge in [0.2, 0.25) is 0 Å². The molecule has 1 heterocycles. The van der Waals surface area contributed by atoms with Crippen molar-refractivity contribution in [3.05, 3.63) is 70.3 Å². The van der Waals surface area contributed by atoms with Crippen molar-refractivity contribution in [2.24, 2.45) is 0 Å². The van der Waals surface area contributed by atoms with Crippen molar-refractivity contribution >= 4 is 29.2 Å². The molecule has 2 aromatic carbocycles. The van der Waals surface area contributed by atoms with E-state index >= 15 is 0 Å². The van der Waals surface area contributed by atoms with Crippen molar-refractivity contribution in [2.75, 3.05) is 6.61 Å². The monoisotopic (exact) mass is 436 g/mol. The van der Waals surface area contributed by atoms with E-state index in [1.54, 1.807) is 0 Å². The molecule has 1 aliphatic heterocycles. The topological polar surface area (TPSA) is 76.0 Å². The molecule has 7 heteroatoms. The number of ether oxygens (including phenoxy) is 2. The van der Waals surface area contributed by atoms with Crippen LogP contribution in [0.2, 0.25) is 5.02 Å². The van der Waals surface area contributed by atoms with Gasteiger partial charge in [0.25, 0.3) is 0 Å². The van der Waals surface area contributed by atoms with E-state index in [0.717, 1.165) is 24.5 Å². The number of carbonyl (C=O) groups is 1. The number of aromatic hydroxyl groups is 2. The summed E-state index contributed by atoms with van der Waals surface area (Å²) in [5, 5.41) is 20.0.